The monoisotopic (exact) mass is 282 g/mol. The number of aliphatic hydroxyl groups excluding tert-OH is 1. The average molecular weight is 282 g/mol. The summed E-state index contributed by atoms with van der Waals surface area (Å²) >= 11 is 0. The van der Waals surface area contributed by atoms with Gasteiger partial charge >= 0.3 is 0 Å². The fourth-order valence-corrected chi connectivity index (χ4v) is 2.44. The number of imidazole rings is 1. The van der Waals surface area contributed by atoms with Crippen molar-refractivity contribution in [2.75, 3.05) is 13.2 Å². The third kappa shape index (κ3) is 3.26. The molecule has 0 fully saturated rings. The van der Waals surface area contributed by atoms with Crippen LogP contribution in [0.15, 0.2) is 55.1 Å². The molecular weight excluding hydrogens is 264 g/mol. The van der Waals surface area contributed by atoms with Crippen molar-refractivity contribution in [2.45, 2.75) is 13.1 Å². The van der Waals surface area contributed by atoms with Crippen LogP contribution in [0, 0.1) is 0 Å². The molecule has 0 aliphatic rings. The molecule has 0 radical (unpaired) electrons. The molecule has 1 N–H and O–H groups in total. The van der Waals surface area contributed by atoms with E-state index < -0.39 is 0 Å². The molecule has 0 bridgehead atoms. The Morgan fingerprint density at radius 1 is 1.10 bits per heavy atom. The lowest BCUT2D eigenvalue weighted by molar-refractivity contribution is 0.182. The van der Waals surface area contributed by atoms with Crippen molar-refractivity contribution in [3.63, 3.8) is 0 Å². The lowest BCUT2D eigenvalue weighted by Crippen LogP contribution is -2.26. The van der Waals surface area contributed by atoms with Gasteiger partial charge in [0.15, 0.2) is 5.65 Å². The summed E-state index contributed by atoms with van der Waals surface area (Å²) in [6.07, 6.45) is 7.28. The summed E-state index contributed by atoms with van der Waals surface area (Å²) in [5.74, 6) is 0. The van der Waals surface area contributed by atoms with E-state index in [0.717, 1.165) is 24.4 Å². The molecule has 0 aliphatic heterocycles. The molecule has 108 valence electrons. The summed E-state index contributed by atoms with van der Waals surface area (Å²) in [7, 11) is 0. The van der Waals surface area contributed by atoms with Gasteiger partial charge in [0, 0.05) is 32.0 Å². The Labute approximate surface area is 123 Å². The number of benzene rings is 1. The summed E-state index contributed by atoms with van der Waals surface area (Å²) < 4.78 is 2.03. The van der Waals surface area contributed by atoms with E-state index in [1.807, 2.05) is 35.0 Å². The topological polar surface area (TPSA) is 53.7 Å². The molecule has 2 aromatic heterocycles. The summed E-state index contributed by atoms with van der Waals surface area (Å²) in [5.41, 5.74) is 3.18. The van der Waals surface area contributed by atoms with E-state index in [1.165, 1.54) is 5.56 Å². The zero-order valence-corrected chi connectivity index (χ0v) is 11.8. The van der Waals surface area contributed by atoms with Gasteiger partial charge in [-0.1, -0.05) is 30.3 Å². The molecule has 3 rings (SSSR count). The summed E-state index contributed by atoms with van der Waals surface area (Å²) in [6.45, 7) is 2.32. The summed E-state index contributed by atoms with van der Waals surface area (Å²) in [5, 5.41) is 9.28. The van der Waals surface area contributed by atoms with Crippen molar-refractivity contribution in [1.29, 1.82) is 0 Å². The first-order valence-corrected chi connectivity index (χ1v) is 7.00. The first-order valence-electron chi connectivity index (χ1n) is 7.00. The molecule has 0 atom stereocenters. The number of aromatic nitrogens is 3. The van der Waals surface area contributed by atoms with Crippen LogP contribution in [0.3, 0.4) is 0 Å². The Morgan fingerprint density at radius 3 is 2.76 bits per heavy atom. The van der Waals surface area contributed by atoms with Crippen LogP contribution in [0.2, 0.25) is 0 Å². The highest BCUT2D eigenvalue weighted by atomic mass is 16.3. The van der Waals surface area contributed by atoms with Gasteiger partial charge in [0.05, 0.1) is 24.7 Å². The van der Waals surface area contributed by atoms with Gasteiger partial charge in [-0.05, 0) is 5.56 Å². The third-order valence-corrected chi connectivity index (χ3v) is 3.44. The number of rotatable bonds is 6. The van der Waals surface area contributed by atoms with Crippen molar-refractivity contribution < 1.29 is 5.11 Å². The van der Waals surface area contributed by atoms with Crippen molar-refractivity contribution >= 4 is 5.65 Å². The molecule has 0 saturated heterocycles. The van der Waals surface area contributed by atoms with Gasteiger partial charge in [-0.3, -0.25) is 14.3 Å². The van der Waals surface area contributed by atoms with Crippen LogP contribution in [0.4, 0.5) is 0 Å². The van der Waals surface area contributed by atoms with Gasteiger partial charge in [-0.25, -0.2) is 4.98 Å². The Morgan fingerprint density at radius 2 is 1.95 bits per heavy atom. The second-order valence-corrected chi connectivity index (χ2v) is 4.97. The molecule has 0 saturated carbocycles. The van der Waals surface area contributed by atoms with E-state index in [0.29, 0.717) is 6.54 Å². The van der Waals surface area contributed by atoms with Gasteiger partial charge in [-0.2, -0.15) is 0 Å². The van der Waals surface area contributed by atoms with Crippen molar-refractivity contribution in [3.05, 3.63) is 66.4 Å². The van der Waals surface area contributed by atoms with Gasteiger partial charge < -0.3 is 5.11 Å². The summed E-state index contributed by atoms with van der Waals surface area (Å²) in [4.78, 5) is 10.6. The predicted octanol–water partition coefficient (Wildman–Crippen LogP) is 1.72. The summed E-state index contributed by atoms with van der Waals surface area (Å²) in [6, 6.07) is 10.3. The fraction of sp³-hybridized carbons (Fsp3) is 0.250. The number of hydrogen-bond donors (Lipinski definition) is 1. The molecule has 1 aromatic carbocycles. The number of nitrogens with zero attached hydrogens (tertiary/aromatic N) is 4. The van der Waals surface area contributed by atoms with Gasteiger partial charge in [0.2, 0.25) is 0 Å². The molecule has 5 heteroatoms. The average Bonchev–Trinajstić information content (AvgIpc) is 2.92. The molecule has 0 spiro atoms. The SMILES string of the molecule is OCCN(Cc1ccccc1)Cc1cnc2cnccn12. The molecular formula is C16H18N4O. The molecule has 3 aromatic rings. The van der Waals surface area contributed by atoms with Crippen molar-refractivity contribution in [1.82, 2.24) is 19.3 Å². The highest BCUT2D eigenvalue weighted by molar-refractivity contribution is 5.36. The Kier molecular flexibility index (Phi) is 4.23. The van der Waals surface area contributed by atoms with Crippen LogP contribution in [0.5, 0.6) is 0 Å². The lowest BCUT2D eigenvalue weighted by Gasteiger charge is -2.21. The fourth-order valence-electron chi connectivity index (χ4n) is 2.44. The van der Waals surface area contributed by atoms with E-state index in [-0.39, 0.29) is 6.61 Å². The first kappa shape index (κ1) is 13.7. The Hall–Kier alpha value is -2.24. The van der Waals surface area contributed by atoms with E-state index in [4.69, 9.17) is 0 Å². The minimum Gasteiger partial charge on any atom is -0.395 e. The molecule has 5 nitrogen and oxygen atoms in total. The maximum absolute atomic E-state index is 9.28. The normalized spacial score (nSPS) is 11.3. The number of hydrogen-bond acceptors (Lipinski definition) is 4. The van der Waals surface area contributed by atoms with E-state index in [2.05, 4.69) is 27.0 Å². The van der Waals surface area contributed by atoms with E-state index in [9.17, 15) is 5.11 Å². The van der Waals surface area contributed by atoms with Crippen LogP contribution < -0.4 is 0 Å². The Bertz CT molecular complexity index is 696. The van der Waals surface area contributed by atoms with Crippen molar-refractivity contribution in [2.24, 2.45) is 0 Å². The number of fused-ring (bicyclic) bond motifs is 1. The zero-order chi connectivity index (χ0) is 14.5. The minimum absolute atomic E-state index is 0.144. The Balaban J connectivity index is 1.78. The second kappa shape index (κ2) is 6.47. The molecule has 21 heavy (non-hydrogen) atoms. The maximum Gasteiger partial charge on any atom is 0.155 e. The van der Waals surface area contributed by atoms with E-state index in [1.54, 1.807) is 12.4 Å². The lowest BCUT2D eigenvalue weighted by atomic mass is 10.2. The minimum atomic E-state index is 0.144. The third-order valence-electron chi connectivity index (χ3n) is 3.44. The van der Waals surface area contributed by atoms with Crippen LogP contribution in [0.1, 0.15) is 11.3 Å². The van der Waals surface area contributed by atoms with E-state index >= 15 is 0 Å². The molecule has 2 heterocycles. The first-order chi connectivity index (χ1) is 10.4. The standard InChI is InChI=1S/C16H18N4O/c21-9-8-19(12-14-4-2-1-3-5-14)13-15-10-18-16-11-17-6-7-20(15)16/h1-7,10-11,21H,8-9,12-13H2. The van der Waals surface area contributed by atoms with Crippen LogP contribution in [0.25, 0.3) is 5.65 Å². The van der Waals surface area contributed by atoms with Crippen LogP contribution in [-0.2, 0) is 13.1 Å². The molecule has 0 aliphatic carbocycles. The van der Waals surface area contributed by atoms with Crippen molar-refractivity contribution in [3.8, 4) is 0 Å². The zero-order valence-electron chi connectivity index (χ0n) is 11.8. The van der Waals surface area contributed by atoms with Gasteiger partial charge in [0.1, 0.15) is 0 Å². The van der Waals surface area contributed by atoms with Crippen LogP contribution in [-0.4, -0.2) is 37.5 Å². The van der Waals surface area contributed by atoms with Crippen LogP contribution >= 0.6 is 0 Å². The maximum atomic E-state index is 9.28. The van der Waals surface area contributed by atoms with Gasteiger partial charge in [-0.15, -0.1) is 0 Å². The largest absolute Gasteiger partial charge is 0.395 e. The smallest absolute Gasteiger partial charge is 0.155 e. The molecule has 0 unspecified atom stereocenters. The highest BCUT2D eigenvalue weighted by Crippen LogP contribution is 2.11. The quantitative estimate of drug-likeness (QED) is 0.748. The van der Waals surface area contributed by atoms with Gasteiger partial charge in [0.25, 0.3) is 0 Å². The highest BCUT2D eigenvalue weighted by Gasteiger charge is 2.10. The number of aliphatic hydroxyl groups is 1. The predicted molar refractivity (Wildman–Crippen MR) is 80.6 cm³/mol. The molecule has 0 amide bonds. The second-order valence-electron chi connectivity index (χ2n) is 4.97.